The van der Waals surface area contributed by atoms with Gasteiger partial charge in [-0.3, -0.25) is 0 Å². The first-order valence-electron chi connectivity index (χ1n) is 3.71. The van der Waals surface area contributed by atoms with Crippen LogP contribution in [0.3, 0.4) is 0 Å². The van der Waals surface area contributed by atoms with E-state index in [1.54, 1.807) is 0 Å². The minimum atomic E-state index is -0.573. The summed E-state index contributed by atoms with van der Waals surface area (Å²) in [6.45, 7) is 0. The van der Waals surface area contributed by atoms with Gasteiger partial charge < -0.3 is 22.1 Å². The highest BCUT2D eigenvalue weighted by Gasteiger charge is 2.32. The molecule has 1 saturated carbocycles. The zero-order chi connectivity index (χ0) is 9.14. The van der Waals surface area contributed by atoms with Crippen molar-refractivity contribution in [3.05, 3.63) is 0 Å². The predicted molar refractivity (Wildman–Crippen MR) is 42.2 cm³/mol. The van der Waals surface area contributed by atoms with E-state index < -0.39 is 12.1 Å². The summed E-state index contributed by atoms with van der Waals surface area (Å²) in [5, 5.41) is 5.01. The van der Waals surface area contributed by atoms with Crippen LogP contribution in [0.4, 0.5) is 9.59 Å². The lowest BCUT2D eigenvalue weighted by Crippen LogP contribution is -2.59. The van der Waals surface area contributed by atoms with Crippen molar-refractivity contribution < 1.29 is 9.59 Å². The van der Waals surface area contributed by atoms with Crippen LogP contribution in [0.25, 0.3) is 0 Å². The minimum Gasteiger partial charge on any atom is -0.352 e. The monoisotopic (exact) mass is 172 g/mol. The van der Waals surface area contributed by atoms with Crippen molar-refractivity contribution in [2.45, 2.75) is 24.9 Å². The van der Waals surface area contributed by atoms with Gasteiger partial charge in [0.25, 0.3) is 0 Å². The van der Waals surface area contributed by atoms with Crippen LogP contribution >= 0.6 is 0 Å². The van der Waals surface area contributed by atoms with E-state index in [1.807, 2.05) is 0 Å². The number of hydrogen-bond donors (Lipinski definition) is 4. The van der Waals surface area contributed by atoms with Gasteiger partial charge in [-0.05, 0) is 12.8 Å². The summed E-state index contributed by atoms with van der Waals surface area (Å²) in [4.78, 5) is 20.8. The van der Waals surface area contributed by atoms with Crippen molar-refractivity contribution in [1.82, 2.24) is 10.6 Å². The second-order valence-corrected chi connectivity index (χ2v) is 2.81. The molecule has 6 nitrogen and oxygen atoms in total. The molecular weight excluding hydrogens is 160 g/mol. The molecule has 68 valence electrons. The highest BCUT2D eigenvalue weighted by atomic mass is 16.2. The maximum absolute atomic E-state index is 10.4. The summed E-state index contributed by atoms with van der Waals surface area (Å²) >= 11 is 0. The van der Waals surface area contributed by atoms with Gasteiger partial charge >= 0.3 is 12.1 Å². The van der Waals surface area contributed by atoms with Gasteiger partial charge in [0.05, 0.1) is 12.1 Å². The highest BCUT2D eigenvalue weighted by Crippen LogP contribution is 2.19. The average molecular weight is 172 g/mol. The van der Waals surface area contributed by atoms with Crippen LogP contribution in [0.1, 0.15) is 12.8 Å². The van der Waals surface area contributed by atoms with Gasteiger partial charge in [0.1, 0.15) is 0 Å². The van der Waals surface area contributed by atoms with Crippen LogP contribution < -0.4 is 22.1 Å². The van der Waals surface area contributed by atoms with Crippen molar-refractivity contribution >= 4 is 12.1 Å². The molecule has 0 aromatic heterocycles. The van der Waals surface area contributed by atoms with E-state index in [2.05, 4.69) is 10.6 Å². The average Bonchev–Trinajstić information content (AvgIpc) is 1.93. The molecule has 6 N–H and O–H groups in total. The van der Waals surface area contributed by atoms with Crippen LogP contribution in [0.2, 0.25) is 0 Å². The fraction of sp³-hybridized carbons (Fsp3) is 0.667. The fourth-order valence-corrected chi connectivity index (χ4v) is 1.21. The van der Waals surface area contributed by atoms with Crippen LogP contribution in [-0.4, -0.2) is 24.1 Å². The van der Waals surface area contributed by atoms with E-state index in [9.17, 15) is 9.59 Å². The third-order valence-corrected chi connectivity index (χ3v) is 1.93. The van der Waals surface area contributed by atoms with Gasteiger partial charge in [0.15, 0.2) is 0 Å². The molecule has 0 spiro atoms. The van der Waals surface area contributed by atoms with E-state index in [1.165, 1.54) is 0 Å². The molecule has 2 unspecified atom stereocenters. The first kappa shape index (κ1) is 8.63. The fourth-order valence-electron chi connectivity index (χ4n) is 1.21. The smallest absolute Gasteiger partial charge is 0.312 e. The number of primary amides is 2. The maximum Gasteiger partial charge on any atom is 0.312 e. The standard InChI is InChI=1S/C6H12N4O2/c7-5(11)9-3-1-2-4(3)10-6(8)12/h3-4H,1-2H2,(H3,7,9,11)(H3,8,10,12). The SMILES string of the molecule is NC(=O)NC1CCC1NC(N)=O. The van der Waals surface area contributed by atoms with E-state index in [0.717, 1.165) is 12.8 Å². The summed E-state index contributed by atoms with van der Waals surface area (Å²) in [6, 6.07) is -1.27. The van der Waals surface area contributed by atoms with Gasteiger partial charge in [-0.1, -0.05) is 0 Å². The molecule has 12 heavy (non-hydrogen) atoms. The number of urea groups is 2. The number of carbonyl (C=O) groups excluding carboxylic acids is 2. The Morgan fingerprint density at radius 2 is 1.33 bits per heavy atom. The number of amides is 4. The molecule has 1 rings (SSSR count). The maximum atomic E-state index is 10.4. The van der Waals surface area contributed by atoms with Crippen LogP contribution in [0.15, 0.2) is 0 Å². The minimum absolute atomic E-state index is 0.0602. The summed E-state index contributed by atoms with van der Waals surface area (Å²) in [5.74, 6) is 0. The van der Waals surface area contributed by atoms with Crippen molar-refractivity contribution in [1.29, 1.82) is 0 Å². The van der Waals surface area contributed by atoms with Gasteiger partial charge in [-0.2, -0.15) is 0 Å². The summed E-state index contributed by atoms with van der Waals surface area (Å²) < 4.78 is 0. The molecule has 1 aliphatic carbocycles. The van der Waals surface area contributed by atoms with Crippen molar-refractivity contribution in [3.63, 3.8) is 0 Å². The van der Waals surface area contributed by atoms with Crippen molar-refractivity contribution in [3.8, 4) is 0 Å². The predicted octanol–water partition coefficient (Wildman–Crippen LogP) is -1.15. The van der Waals surface area contributed by atoms with Gasteiger partial charge in [0.2, 0.25) is 0 Å². The second-order valence-electron chi connectivity index (χ2n) is 2.81. The Hall–Kier alpha value is -1.46. The lowest BCUT2D eigenvalue weighted by Gasteiger charge is -2.36. The number of nitrogens with one attached hydrogen (secondary N) is 2. The van der Waals surface area contributed by atoms with Crippen molar-refractivity contribution in [2.24, 2.45) is 11.5 Å². The Bertz CT molecular complexity index is 184. The highest BCUT2D eigenvalue weighted by molar-refractivity contribution is 5.74. The van der Waals surface area contributed by atoms with Gasteiger partial charge in [-0.25, -0.2) is 9.59 Å². The quantitative estimate of drug-likeness (QED) is 0.422. The number of rotatable bonds is 2. The van der Waals surface area contributed by atoms with Gasteiger partial charge in [-0.15, -0.1) is 0 Å². The molecule has 0 aromatic carbocycles. The third kappa shape index (κ3) is 2.01. The Morgan fingerprint density at radius 1 is 1.00 bits per heavy atom. The first-order chi connectivity index (χ1) is 5.59. The van der Waals surface area contributed by atoms with E-state index in [0.29, 0.717) is 0 Å². The van der Waals surface area contributed by atoms with Gasteiger partial charge in [0, 0.05) is 0 Å². The van der Waals surface area contributed by atoms with Crippen molar-refractivity contribution in [2.75, 3.05) is 0 Å². The Labute approximate surface area is 69.7 Å². The molecule has 4 amide bonds. The number of carbonyl (C=O) groups is 2. The third-order valence-electron chi connectivity index (χ3n) is 1.93. The molecule has 6 heteroatoms. The molecule has 0 aromatic rings. The van der Waals surface area contributed by atoms with Crippen LogP contribution in [0.5, 0.6) is 0 Å². The normalized spacial score (nSPS) is 27.0. The topological polar surface area (TPSA) is 110 Å². The lowest BCUT2D eigenvalue weighted by atomic mass is 9.86. The number of hydrogen-bond acceptors (Lipinski definition) is 2. The Morgan fingerprint density at radius 3 is 1.50 bits per heavy atom. The summed E-state index contributed by atoms with van der Waals surface area (Å²) in [6.07, 6.45) is 1.65. The first-order valence-corrected chi connectivity index (χ1v) is 3.71. The van der Waals surface area contributed by atoms with E-state index >= 15 is 0 Å². The molecule has 0 aliphatic heterocycles. The molecule has 1 fully saturated rings. The number of nitrogens with two attached hydrogens (primary N) is 2. The second kappa shape index (κ2) is 3.29. The zero-order valence-corrected chi connectivity index (χ0v) is 6.54. The van der Waals surface area contributed by atoms with Crippen LogP contribution in [-0.2, 0) is 0 Å². The lowest BCUT2D eigenvalue weighted by molar-refractivity contribution is 0.207. The largest absolute Gasteiger partial charge is 0.352 e. The molecule has 2 atom stereocenters. The zero-order valence-electron chi connectivity index (χ0n) is 6.54. The molecule has 0 saturated heterocycles. The molecule has 0 bridgehead atoms. The molecule has 0 heterocycles. The van der Waals surface area contributed by atoms with E-state index in [-0.39, 0.29) is 12.1 Å². The Kier molecular flexibility index (Phi) is 2.37. The summed E-state index contributed by atoms with van der Waals surface area (Å²) in [5.41, 5.74) is 9.80. The molecule has 1 aliphatic rings. The molecular formula is C6H12N4O2. The van der Waals surface area contributed by atoms with E-state index in [4.69, 9.17) is 11.5 Å². The summed E-state index contributed by atoms with van der Waals surface area (Å²) in [7, 11) is 0. The Balaban J connectivity index is 2.29. The molecule has 0 radical (unpaired) electrons. The van der Waals surface area contributed by atoms with Crippen LogP contribution in [0, 0.1) is 0 Å².